The predicted octanol–water partition coefficient (Wildman–Crippen LogP) is 1.71. The minimum atomic E-state index is -0.00818. The van der Waals surface area contributed by atoms with Crippen LogP contribution in [0.1, 0.15) is 24.4 Å². The molecule has 0 radical (unpaired) electrons. The van der Waals surface area contributed by atoms with Gasteiger partial charge in [-0.2, -0.15) is 5.26 Å². The quantitative estimate of drug-likeness (QED) is 0.830. The van der Waals surface area contributed by atoms with E-state index >= 15 is 0 Å². The number of benzene rings is 1. The molecule has 96 valence electrons. The van der Waals surface area contributed by atoms with Crippen LogP contribution in [0.5, 0.6) is 0 Å². The fourth-order valence-corrected chi connectivity index (χ4v) is 1.66. The Labute approximate surface area is 108 Å². The molecule has 4 heteroatoms. The summed E-state index contributed by atoms with van der Waals surface area (Å²) in [5.74, 6) is 0.0891. The van der Waals surface area contributed by atoms with E-state index in [4.69, 9.17) is 5.26 Å². The molecular formula is C14H19N3O. The molecule has 0 spiro atoms. The Bertz CT molecular complexity index is 409. The van der Waals surface area contributed by atoms with E-state index < -0.39 is 0 Å². The first-order valence-electron chi connectivity index (χ1n) is 6.00. The minimum Gasteiger partial charge on any atom is -0.349 e. The first-order valence-corrected chi connectivity index (χ1v) is 6.00. The van der Waals surface area contributed by atoms with Crippen molar-refractivity contribution in [1.82, 2.24) is 10.2 Å². The van der Waals surface area contributed by atoms with E-state index in [1.54, 1.807) is 19.0 Å². The maximum atomic E-state index is 11.4. The molecule has 1 aromatic rings. The van der Waals surface area contributed by atoms with Crippen molar-refractivity contribution in [3.63, 3.8) is 0 Å². The second-order valence-electron chi connectivity index (χ2n) is 4.32. The van der Waals surface area contributed by atoms with Gasteiger partial charge in [-0.3, -0.25) is 4.79 Å². The number of nitrogens with zero attached hydrogens (tertiary/aromatic N) is 2. The molecule has 1 amide bonds. The Morgan fingerprint density at radius 1 is 1.39 bits per heavy atom. The van der Waals surface area contributed by atoms with E-state index in [2.05, 4.69) is 11.4 Å². The molecule has 4 nitrogen and oxygen atoms in total. The second-order valence-corrected chi connectivity index (χ2v) is 4.32. The van der Waals surface area contributed by atoms with Crippen LogP contribution in [0.2, 0.25) is 0 Å². The van der Waals surface area contributed by atoms with Gasteiger partial charge in [-0.15, -0.1) is 0 Å². The summed E-state index contributed by atoms with van der Waals surface area (Å²) in [4.78, 5) is 13.0. The number of hydrogen-bond acceptors (Lipinski definition) is 3. The standard InChI is InChI=1S/C14H19N3O/c1-17(2)14(18)9-11-16-13(8-10-15)12-6-4-3-5-7-12/h3-7,13,16H,8-9,11H2,1-2H3. The van der Waals surface area contributed by atoms with Gasteiger partial charge in [0.15, 0.2) is 0 Å². The fraction of sp³-hybridized carbons (Fsp3) is 0.429. The summed E-state index contributed by atoms with van der Waals surface area (Å²) in [5, 5.41) is 12.1. The molecule has 0 aliphatic rings. The highest BCUT2D eigenvalue weighted by molar-refractivity contribution is 5.75. The molecule has 0 saturated carbocycles. The van der Waals surface area contributed by atoms with Gasteiger partial charge in [0, 0.05) is 33.1 Å². The zero-order chi connectivity index (χ0) is 13.4. The zero-order valence-corrected chi connectivity index (χ0v) is 10.9. The molecule has 18 heavy (non-hydrogen) atoms. The van der Waals surface area contributed by atoms with Gasteiger partial charge in [-0.05, 0) is 5.56 Å². The normalized spacial score (nSPS) is 11.6. The van der Waals surface area contributed by atoms with Crippen LogP contribution >= 0.6 is 0 Å². The third-order valence-electron chi connectivity index (χ3n) is 2.73. The lowest BCUT2D eigenvalue weighted by atomic mass is 10.0. The number of carbonyl (C=O) groups is 1. The number of carbonyl (C=O) groups excluding carboxylic acids is 1. The molecule has 0 aliphatic heterocycles. The molecule has 0 saturated heterocycles. The third kappa shape index (κ3) is 4.56. The fourth-order valence-electron chi connectivity index (χ4n) is 1.66. The molecule has 0 aliphatic carbocycles. The van der Waals surface area contributed by atoms with Crippen molar-refractivity contribution in [2.24, 2.45) is 0 Å². The summed E-state index contributed by atoms with van der Waals surface area (Å²) < 4.78 is 0. The van der Waals surface area contributed by atoms with Gasteiger partial charge >= 0.3 is 0 Å². The summed E-state index contributed by atoms with van der Waals surface area (Å²) in [6.07, 6.45) is 0.849. The summed E-state index contributed by atoms with van der Waals surface area (Å²) >= 11 is 0. The molecule has 1 rings (SSSR count). The number of amides is 1. The van der Waals surface area contributed by atoms with E-state index in [1.807, 2.05) is 30.3 Å². The highest BCUT2D eigenvalue weighted by atomic mass is 16.2. The predicted molar refractivity (Wildman–Crippen MR) is 70.7 cm³/mol. The Kier molecular flexibility index (Phi) is 5.89. The summed E-state index contributed by atoms with van der Waals surface area (Å²) in [6, 6.07) is 12.0. The van der Waals surface area contributed by atoms with E-state index in [-0.39, 0.29) is 11.9 Å². The molecular weight excluding hydrogens is 226 g/mol. The van der Waals surface area contributed by atoms with Gasteiger partial charge in [-0.1, -0.05) is 30.3 Å². The average Bonchev–Trinajstić information content (AvgIpc) is 2.38. The number of nitrogens with one attached hydrogen (secondary N) is 1. The smallest absolute Gasteiger partial charge is 0.223 e. The monoisotopic (exact) mass is 245 g/mol. The minimum absolute atomic E-state index is 0.00818. The highest BCUT2D eigenvalue weighted by Gasteiger charge is 2.11. The maximum absolute atomic E-state index is 11.4. The van der Waals surface area contributed by atoms with Crippen LogP contribution in [0, 0.1) is 11.3 Å². The molecule has 1 aromatic carbocycles. The van der Waals surface area contributed by atoms with Crippen LogP contribution in [-0.4, -0.2) is 31.4 Å². The Hall–Kier alpha value is -1.86. The number of hydrogen-bond donors (Lipinski definition) is 1. The molecule has 0 aromatic heterocycles. The molecule has 0 bridgehead atoms. The first kappa shape index (κ1) is 14.2. The van der Waals surface area contributed by atoms with Crippen molar-refractivity contribution in [2.45, 2.75) is 18.9 Å². The summed E-state index contributed by atoms with van der Waals surface area (Å²) in [5.41, 5.74) is 1.08. The lowest BCUT2D eigenvalue weighted by molar-refractivity contribution is -0.128. The SMILES string of the molecule is CN(C)C(=O)CCNC(CC#N)c1ccccc1. The van der Waals surface area contributed by atoms with Crippen molar-refractivity contribution in [3.05, 3.63) is 35.9 Å². The second kappa shape index (κ2) is 7.46. The summed E-state index contributed by atoms with van der Waals surface area (Å²) in [7, 11) is 3.48. The lowest BCUT2D eigenvalue weighted by Crippen LogP contribution is -2.28. The number of rotatable bonds is 6. The van der Waals surface area contributed by atoms with Crippen LogP contribution in [0.3, 0.4) is 0 Å². The van der Waals surface area contributed by atoms with E-state index in [1.165, 1.54) is 0 Å². The van der Waals surface area contributed by atoms with E-state index in [9.17, 15) is 4.79 Å². The molecule has 1 N–H and O–H groups in total. The Morgan fingerprint density at radius 3 is 2.61 bits per heavy atom. The molecule has 0 heterocycles. The average molecular weight is 245 g/mol. The van der Waals surface area contributed by atoms with Crippen LogP contribution in [0.25, 0.3) is 0 Å². The van der Waals surface area contributed by atoms with Crippen molar-refractivity contribution < 1.29 is 4.79 Å². The van der Waals surface area contributed by atoms with Crippen LogP contribution < -0.4 is 5.32 Å². The lowest BCUT2D eigenvalue weighted by Gasteiger charge is -2.17. The van der Waals surface area contributed by atoms with Crippen molar-refractivity contribution in [2.75, 3.05) is 20.6 Å². The van der Waals surface area contributed by atoms with Gasteiger partial charge in [0.2, 0.25) is 5.91 Å². The van der Waals surface area contributed by atoms with Crippen LogP contribution in [0.15, 0.2) is 30.3 Å². The van der Waals surface area contributed by atoms with Gasteiger partial charge in [-0.25, -0.2) is 0 Å². The first-order chi connectivity index (χ1) is 8.65. The molecule has 1 unspecified atom stereocenters. The number of nitriles is 1. The van der Waals surface area contributed by atoms with Crippen LogP contribution in [0.4, 0.5) is 0 Å². The van der Waals surface area contributed by atoms with E-state index in [0.29, 0.717) is 19.4 Å². The summed E-state index contributed by atoms with van der Waals surface area (Å²) in [6.45, 7) is 0.582. The topological polar surface area (TPSA) is 56.1 Å². The van der Waals surface area contributed by atoms with Crippen LogP contribution in [-0.2, 0) is 4.79 Å². The molecule has 1 atom stereocenters. The van der Waals surface area contributed by atoms with Gasteiger partial charge in [0.25, 0.3) is 0 Å². The Balaban J connectivity index is 2.50. The Morgan fingerprint density at radius 2 is 2.06 bits per heavy atom. The maximum Gasteiger partial charge on any atom is 0.223 e. The van der Waals surface area contributed by atoms with Gasteiger partial charge < -0.3 is 10.2 Å². The third-order valence-corrected chi connectivity index (χ3v) is 2.73. The van der Waals surface area contributed by atoms with Gasteiger partial charge in [0.1, 0.15) is 0 Å². The van der Waals surface area contributed by atoms with Crippen molar-refractivity contribution in [3.8, 4) is 6.07 Å². The zero-order valence-electron chi connectivity index (χ0n) is 10.9. The molecule has 0 fully saturated rings. The van der Waals surface area contributed by atoms with Crippen molar-refractivity contribution >= 4 is 5.91 Å². The highest BCUT2D eigenvalue weighted by Crippen LogP contribution is 2.15. The van der Waals surface area contributed by atoms with E-state index in [0.717, 1.165) is 5.56 Å². The largest absolute Gasteiger partial charge is 0.349 e. The van der Waals surface area contributed by atoms with Gasteiger partial charge in [0.05, 0.1) is 12.5 Å². The van der Waals surface area contributed by atoms with Crippen molar-refractivity contribution in [1.29, 1.82) is 5.26 Å².